The highest BCUT2D eigenvalue weighted by atomic mass is 16.5. The van der Waals surface area contributed by atoms with Crippen molar-refractivity contribution in [3.05, 3.63) is 35.4 Å². The minimum absolute atomic E-state index is 0.0517. The molecule has 1 aliphatic heterocycles. The van der Waals surface area contributed by atoms with E-state index in [1.807, 2.05) is 19.1 Å². The summed E-state index contributed by atoms with van der Waals surface area (Å²) in [4.78, 5) is 6.59. The number of furan rings is 1. The van der Waals surface area contributed by atoms with Crippen molar-refractivity contribution in [1.29, 1.82) is 0 Å². The molecule has 2 aromatic rings. The molecular weight excluding hydrogens is 246 g/mol. The Morgan fingerprint density at radius 2 is 2.26 bits per heavy atom. The average Bonchev–Trinajstić information content (AvgIpc) is 3.10. The first kappa shape index (κ1) is 12.4. The molecule has 0 aromatic carbocycles. The van der Waals surface area contributed by atoms with Crippen molar-refractivity contribution in [3.8, 4) is 0 Å². The van der Waals surface area contributed by atoms with Gasteiger partial charge in [-0.2, -0.15) is 4.98 Å². The van der Waals surface area contributed by atoms with Gasteiger partial charge in [0.2, 0.25) is 5.89 Å². The Kier molecular flexibility index (Phi) is 3.35. The first-order chi connectivity index (χ1) is 9.24. The van der Waals surface area contributed by atoms with Crippen molar-refractivity contribution in [2.75, 3.05) is 13.1 Å². The highest BCUT2D eigenvalue weighted by Gasteiger charge is 2.28. The standard InChI is InChI=1S/C13H17N3O3/c1-9-14-13(19-15-9)10-4-5-16(6-10)7-11-2-3-12(8-17)18-11/h2-3,10,17H,4-8H2,1H3. The maximum atomic E-state index is 8.97. The van der Waals surface area contributed by atoms with E-state index in [4.69, 9.17) is 14.0 Å². The highest BCUT2D eigenvalue weighted by molar-refractivity contribution is 5.07. The molecule has 0 spiro atoms. The molecule has 0 aliphatic carbocycles. The molecule has 6 heteroatoms. The molecule has 1 atom stereocenters. The van der Waals surface area contributed by atoms with E-state index in [0.29, 0.717) is 17.5 Å². The van der Waals surface area contributed by atoms with E-state index in [1.165, 1.54) is 0 Å². The molecule has 3 rings (SSSR count). The summed E-state index contributed by atoms with van der Waals surface area (Å²) in [6.45, 7) is 4.42. The predicted molar refractivity (Wildman–Crippen MR) is 66.3 cm³/mol. The van der Waals surface area contributed by atoms with Gasteiger partial charge in [-0.25, -0.2) is 0 Å². The Bertz CT molecular complexity index is 549. The van der Waals surface area contributed by atoms with E-state index in [1.54, 1.807) is 0 Å². The van der Waals surface area contributed by atoms with Crippen molar-refractivity contribution in [2.24, 2.45) is 0 Å². The molecule has 1 fully saturated rings. The fourth-order valence-electron chi connectivity index (χ4n) is 2.47. The van der Waals surface area contributed by atoms with Crippen LogP contribution in [0, 0.1) is 6.92 Å². The first-order valence-corrected chi connectivity index (χ1v) is 6.45. The lowest BCUT2D eigenvalue weighted by atomic mass is 10.1. The van der Waals surface area contributed by atoms with Gasteiger partial charge >= 0.3 is 0 Å². The zero-order valence-electron chi connectivity index (χ0n) is 10.9. The van der Waals surface area contributed by atoms with E-state index in [2.05, 4.69) is 15.0 Å². The van der Waals surface area contributed by atoms with Crippen molar-refractivity contribution < 1.29 is 14.0 Å². The fraction of sp³-hybridized carbons (Fsp3) is 0.538. The van der Waals surface area contributed by atoms with Crippen LogP contribution in [0.5, 0.6) is 0 Å². The minimum Gasteiger partial charge on any atom is -0.462 e. The van der Waals surface area contributed by atoms with E-state index in [-0.39, 0.29) is 6.61 Å². The highest BCUT2D eigenvalue weighted by Crippen LogP contribution is 2.27. The predicted octanol–water partition coefficient (Wildman–Crippen LogP) is 1.45. The Labute approximate surface area is 111 Å². The molecule has 0 radical (unpaired) electrons. The maximum absolute atomic E-state index is 8.97. The van der Waals surface area contributed by atoms with Crippen LogP contribution in [0.2, 0.25) is 0 Å². The molecule has 1 N–H and O–H groups in total. The minimum atomic E-state index is -0.0517. The summed E-state index contributed by atoms with van der Waals surface area (Å²) in [5, 5.41) is 12.8. The van der Waals surface area contributed by atoms with Crippen LogP contribution in [-0.4, -0.2) is 33.2 Å². The third kappa shape index (κ3) is 2.69. The topological polar surface area (TPSA) is 75.5 Å². The summed E-state index contributed by atoms with van der Waals surface area (Å²) in [5.41, 5.74) is 0. The summed E-state index contributed by atoms with van der Waals surface area (Å²) < 4.78 is 10.7. The van der Waals surface area contributed by atoms with Crippen LogP contribution in [0.3, 0.4) is 0 Å². The molecule has 2 aromatic heterocycles. The number of nitrogens with zero attached hydrogens (tertiary/aromatic N) is 3. The lowest BCUT2D eigenvalue weighted by Gasteiger charge is -2.12. The third-order valence-corrected chi connectivity index (χ3v) is 3.42. The number of rotatable bonds is 4. The zero-order chi connectivity index (χ0) is 13.2. The number of aromatic nitrogens is 2. The van der Waals surface area contributed by atoms with Gasteiger partial charge in [0.15, 0.2) is 5.82 Å². The molecule has 1 aliphatic rings. The third-order valence-electron chi connectivity index (χ3n) is 3.42. The van der Waals surface area contributed by atoms with Gasteiger partial charge in [-0.05, 0) is 32.0 Å². The molecular formula is C13H17N3O3. The summed E-state index contributed by atoms with van der Waals surface area (Å²) >= 11 is 0. The summed E-state index contributed by atoms with van der Waals surface area (Å²) in [7, 11) is 0. The Balaban J connectivity index is 1.59. The van der Waals surface area contributed by atoms with Gasteiger partial charge in [-0.15, -0.1) is 0 Å². The molecule has 0 amide bonds. The lowest BCUT2D eigenvalue weighted by Crippen LogP contribution is -2.19. The van der Waals surface area contributed by atoms with Crippen molar-refractivity contribution in [2.45, 2.75) is 32.4 Å². The summed E-state index contributed by atoms with van der Waals surface area (Å²) in [6, 6.07) is 3.72. The van der Waals surface area contributed by atoms with Crippen molar-refractivity contribution >= 4 is 0 Å². The van der Waals surface area contributed by atoms with Gasteiger partial charge < -0.3 is 14.0 Å². The number of likely N-dealkylation sites (tertiary alicyclic amines) is 1. The van der Waals surface area contributed by atoms with Gasteiger partial charge in [0.1, 0.15) is 18.1 Å². The second-order valence-corrected chi connectivity index (χ2v) is 4.93. The van der Waals surface area contributed by atoms with Crippen LogP contribution in [-0.2, 0) is 13.2 Å². The number of aliphatic hydroxyl groups excluding tert-OH is 1. The SMILES string of the molecule is Cc1noc(C2CCN(Cc3ccc(CO)o3)C2)n1. The number of aliphatic hydroxyl groups is 1. The summed E-state index contributed by atoms with van der Waals surface area (Å²) in [5.74, 6) is 3.22. The van der Waals surface area contributed by atoms with Crippen LogP contribution >= 0.6 is 0 Å². The van der Waals surface area contributed by atoms with E-state index in [0.717, 1.165) is 37.7 Å². The molecule has 19 heavy (non-hydrogen) atoms. The number of hydrogen-bond donors (Lipinski definition) is 1. The van der Waals surface area contributed by atoms with Crippen LogP contribution in [0.25, 0.3) is 0 Å². The van der Waals surface area contributed by atoms with E-state index >= 15 is 0 Å². The molecule has 0 bridgehead atoms. The van der Waals surface area contributed by atoms with Crippen LogP contribution in [0.15, 0.2) is 21.1 Å². The van der Waals surface area contributed by atoms with Crippen molar-refractivity contribution in [1.82, 2.24) is 15.0 Å². The number of aryl methyl sites for hydroxylation is 1. The molecule has 0 saturated carbocycles. The van der Waals surface area contributed by atoms with Gasteiger partial charge in [-0.3, -0.25) is 4.90 Å². The smallest absolute Gasteiger partial charge is 0.231 e. The molecule has 102 valence electrons. The van der Waals surface area contributed by atoms with Gasteiger partial charge in [0, 0.05) is 6.54 Å². The van der Waals surface area contributed by atoms with E-state index in [9.17, 15) is 0 Å². The fourth-order valence-corrected chi connectivity index (χ4v) is 2.47. The quantitative estimate of drug-likeness (QED) is 0.899. The molecule has 3 heterocycles. The van der Waals surface area contributed by atoms with Crippen molar-refractivity contribution in [3.63, 3.8) is 0 Å². The average molecular weight is 263 g/mol. The van der Waals surface area contributed by atoms with Crippen LogP contribution in [0.4, 0.5) is 0 Å². The zero-order valence-corrected chi connectivity index (χ0v) is 10.9. The van der Waals surface area contributed by atoms with E-state index < -0.39 is 0 Å². The second kappa shape index (κ2) is 5.14. The number of hydrogen-bond acceptors (Lipinski definition) is 6. The first-order valence-electron chi connectivity index (χ1n) is 6.45. The van der Waals surface area contributed by atoms with Gasteiger partial charge in [-0.1, -0.05) is 5.16 Å². The summed E-state index contributed by atoms with van der Waals surface area (Å²) in [6.07, 6.45) is 1.02. The van der Waals surface area contributed by atoms with Gasteiger partial charge in [0.25, 0.3) is 0 Å². The Morgan fingerprint density at radius 1 is 1.42 bits per heavy atom. The lowest BCUT2D eigenvalue weighted by molar-refractivity contribution is 0.231. The molecule has 1 saturated heterocycles. The van der Waals surface area contributed by atoms with Crippen LogP contribution < -0.4 is 0 Å². The van der Waals surface area contributed by atoms with Gasteiger partial charge in [0.05, 0.1) is 12.5 Å². The maximum Gasteiger partial charge on any atom is 0.231 e. The Morgan fingerprint density at radius 3 is 2.95 bits per heavy atom. The molecule has 1 unspecified atom stereocenters. The largest absolute Gasteiger partial charge is 0.462 e. The normalized spacial score (nSPS) is 20.2. The van der Waals surface area contributed by atoms with Crippen LogP contribution in [0.1, 0.15) is 35.6 Å². The molecule has 6 nitrogen and oxygen atoms in total. The Hall–Kier alpha value is -1.66. The second-order valence-electron chi connectivity index (χ2n) is 4.93. The monoisotopic (exact) mass is 263 g/mol.